The summed E-state index contributed by atoms with van der Waals surface area (Å²) in [6.45, 7) is 2.74. The number of benzene rings is 2. The number of anilines is 3. The minimum atomic E-state index is -0.557. The number of carbonyl (C=O) groups is 2. The lowest BCUT2D eigenvalue weighted by molar-refractivity contribution is 0.0986. The maximum Gasteiger partial charge on any atom is 0.410 e. The molecule has 1 saturated heterocycles. The zero-order valence-electron chi connectivity index (χ0n) is 18.9. The van der Waals surface area contributed by atoms with E-state index in [2.05, 4.69) is 20.5 Å². The van der Waals surface area contributed by atoms with E-state index in [0.717, 1.165) is 24.3 Å². The third-order valence-electron chi connectivity index (χ3n) is 5.47. The number of carbonyl (C=O) groups excluding carboxylic acids is 2. The quantitative estimate of drug-likeness (QED) is 0.495. The predicted octanol–water partition coefficient (Wildman–Crippen LogP) is 5.37. The molecule has 182 valence electrons. The molecule has 2 heterocycles. The van der Waals surface area contributed by atoms with Crippen LogP contribution in [0.3, 0.4) is 0 Å². The van der Waals surface area contributed by atoms with Gasteiger partial charge in [0.1, 0.15) is 18.2 Å². The number of pyridine rings is 1. The Morgan fingerprint density at radius 2 is 1.74 bits per heavy atom. The second-order valence-electron chi connectivity index (χ2n) is 7.98. The highest BCUT2D eigenvalue weighted by Crippen LogP contribution is 2.20. The first-order valence-corrected chi connectivity index (χ1v) is 11.6. The average Bonchev–Trinajstić information content (AvgIpc) is 3.12. The SMILES string of the molecule is O=C(Nc1ccc(N2CCCN(C(=O)OCc3ccccc3)CC2)nc1)Nc1ccc(F)c(Cl)c1. The standard InChI is InChI=1S/C25H25ClFN5O3/c26-21-15-19(7-9-22(21)27)29-24(33)30-20-8-10-23(28-16-20)31-11-4-12-32(14-13-31)25(34)35-17-18-5-2-1-3-6-18/h1-3,5-10,15-16H,4,11-14,17H2,(H2,29,30,33). The van der Waals surface area contributed by atoms with Crippen LogP contribution >= 0.6 is 11.6 Å². The number of nitrogens with zero attached hydrogens (tertiary/aromatic N) is 3. The smallest absolute Gasteiger partial charge is 0.410 e. The summed E-state index contributed by atoms with van der Waals surface area (Å²) in [6.07, 6.45) is 2.02. The minimum Gasteiger partial charge on any atom is -0.445 e. The van der Waals surface area contributed by atoms with Crippen LogP contribution in [-0.4, -0.2) is 48.2 Å². The number of halogens is 2. The Bertz CT molecular complexity index is 1160. The van der Waals surface area contributed by atoms with Gasteiger partial charge in [-0.25, -0.2) is 19.0 Å². The van der Waals surface area contributed by atoms with Gasteiger partial charge in [0.05, 0.1) is 16.9 Å². The lowest BCUT2D eigenvalue weighted by Gasteiger charge is -2.22. The van der Waals surface area contributed by atoms with Crippen LogP contribution in [0.4, 0.5) is 31.2 Å². The van der Waals surface area contributed by atoms with Crippen molar-refractivity contribution in [3.63, 3.8) is 0 Å². The average molecular weight is 498 g/mol. The summed E-state index contributed by atoms with van der Waals surface area (Å²) in [5.41, 5.74) is 1.82. The molecule has 1 aromatic heterocycles. The summed E-state index contributed by atoms with van der Waals surface area (Å²) in [4.78, 5) is 32.9. The Labute approximate surface area is 207 Å². The van der Waals surface area contributed by atoms with Crippen LogP contribution in [0.5, 0.6) is 0 Å². The van der Waals surface area contributed by atoms with Gasteiger partial charge < -0.3 is 25.2 Å². The van der Waals surface area contributed by atoms with E-state index in [-0.39, 0.29) is 17.7 Å². The Balaban J connectivity index is 1.26. The number of amides is 3. The van der Waals surface area contributed by atoms with Gasteiger partial charge in [-0.15, -0.1) is 0 Å². The number of rotatable bonds is 5. The first-order valence-electron chi connectivity index (χ1n) is 11.2. The van der Waals surface area contributed by atoms with Crippen LogP contribution in [0.15, 0.2) is 66.9 Å². The third-order valence-corrected chi connectivity index (χ3v) is 5.76. The summed E-state index contributed by atoms with van der Waals surface area (Å²) >= 11 is 5.74. The Morgan fingerprint density at radius 3 is 2.49 bits per heavy atom. The van der Waals surface area contributed by atoms with E-state index in [9.17, 15) is 14.0 Å². The highest BCUT2D eigenvalue weighted by molar-refractivity contribution is 6.31. The third kappa shape index (κ3) is 6.83. The van der Waals surface area contributed by atoms with E-state index in [1.165, 1.54) is 18.2 Å². The number of aromatic nitrogens is 1. The molecule has 1 aliphatic heterocycles. The van der Waals surface area contributed by atoms with Gasteiger partial charge in [-0.3, -0.25) is 0 Å². The normalized spacial score (nSPS) is 13.7. The molecule has 0 atom stereocenters. The zero-order chi connectivity index (χ0) is 24.6. The first-order chi connectivity index (χ1) is 17.0. The van der Waals surface area contributed by atoms with Crippen molar-refractivity contribution in [2.75, 3.05) is 41.7 Å². The van der Waals surface area contributed by atoms with Crippen molar-refractivity contribution in [1.29, 1.82) is 0 Å². The van der Waals surface area contributed by atoms with Crippen molar-refractivity contribution in [3.05, 3.63) is 83.3 Å². The van der Waals surface area contributed by atoms with Crippen molar-refractivity contribution in [3.8, 4) is 0 Å². The minimum absolute atomic E-state index is 0.0747. The molecule has 8 nitrogen and oxygen atoms in total. The summed E-state index contributed by atoms with van der Waals surface area (Å²) in [5.74, 6) is 0.193. The van der Waals surface area contributed by atoms with E-state index in [0.29, 0.717) is 31.0 Å². The molecule has 0 bridgehead atoms. The summed E-state index contributed by atoms with van der Waals surface area (Å²) in [5, 5.41) is 5.20. The Hall–Kier alpha value is -3.85. The van der Waals surface area contributed by atoms with Gasteiger partial charge in [-0.1, -0.05) is 41.9 Å². The first kappa shape index (κ1) is 24.3. The van der Waals surface area contributed by atoms with Gasteiger partial charge in [-0.05, 0) is 42.3 Å². The summed E-state index contributed by atoms with van der Waals surface area (Å²) in [7, 11) is 0. The highest BCUT2D eigenvalue weighted by atomic mass is 35.5. The van der Waals surface area contributed by atoms with Crippen LogP contribution in [0.25, 0.3) is 0 Å². The molecule has 0 saturated carbocycles. The van der Waals surface area contributed by atoms with Crippen LogP contribution in [0.1, 0.15) is 12.0 Å². The van der Waals surface area contributed by atoms with Crippen LogP contribution in [0.2, 0.25) is 5.02 Å². The Kier molecular flexibility index (Phi) is 7.99. The highest BCUT2D eigenvalue weighted by Gasteiger charge is 2.21. The molecule has 4 rings (SSSR count). The second kappa shape index (κ2) is 11.5. The van der Waals surface area contributed by atoms with Gasteiger partial charge in [-0.2, -0.15) is 0 Å². The van der Waals surface area contributed by atoms with Gasteiger partial charge >= 0.3 is 12.1 Å². The predicted molar refractivity (Wildman–Crippen MR) is 133 cm³/mol. The van der Waals surface area contributed by atoms with E-state index in [1.54, 1.807) is 17.2 Å². The molecule has 2 N–H and O–H groups in total. The summed E-state index contributed by atoms with van der Waals surface area (Å²) < 4.78 is 18.7. The molecule has 0 unspecified atom stereocenters. The van der Waals surface area contributed by atoms with Gasteiger partial charge in [0.15, 0.2) is 0 Å². The van der Waals surface area contributed by atoms with Crippen molar-refractivity contribution in [1.82, 2.24) is 9.88 Å². The van der Waals surface area contributed by atoms with E-state index >= 15 is 0 Å². The van der Waals surface area contributed by atoms with Gasteiger partial charge in [0.25, 0.3) is 0 Å². The maximum absolute atomic E-state index is 13.3. The van der Waals surface area contributed by atoms with Crippen molar-refractivity contribution < 1.29 is 18.7 Å². The van der Waals surface area contributed by atoms with E-state index in [1.807, 2.05) is 36.4 Å². The Morgan fingerprint density at radius 1 is 0.971 bits per heavy atom. The lowest BCUT2D eigenvalue weighted by atomic mass is 10.2. The molecule has 0 spiro atoms. The molecular formula is C25H25ClFN5O3. The zero-order valence-corrected chi connectivity index (χ0v) is 19.7. The van der Waals surface area contributed by atoms with Crippen molar-refractivity contribution in [2.45, 2.75) is 13.0 Å². The molecule has 2 aromatic carbocycles. The number of urea groups is 1. The topological polar surface area (TPSA) is 86.8 Å². The monoisotopic (exact) mass is 497 g/mol. The van der Waals surface area contributed by atoms with Gasteiger partial charge in [0, 0.05) is 31.9 Å². The van der Waals surface area contributed by atoms with Gasteiger partial charge in [0.2, 0.25) is 0 Å². The maximum atomic E-state index is 13.3. The van der Waals surface area contributed by atoms with Crippen molar-refractivity contribution >= 4 is 40.9 Å². The fourth-order valence-corrected chi connectivity index (χ4v) is 3.83. The molecule has 10 heteroatoms. The van der Waals surface area contributed by atoms with Crippen LogP contribution < -0.4 is 15.5 Å². The molecule has 1 fully saturated rings. The lowest BCUT2D eigenvalue weighted by Crippen LogP contribution is -2.35. The molecular weight excluding hydrogens is 473 g/mol. The van der Waals surface area contributed by atoms with Crippen LogP contribution in [0, 0.1) is 5.82 Å². The van der Waals surface area contributed by atoms with E-state index in [4.69, 9.17) is 16.3 Å². The fraction of sp³-hybridized carbons (Fsp3) is 0.240. The largest absolute Gasteiger partial charge is 0.445 e. The number of hydrogen-bond donors (Lipinski definition) is 2. The second-order valence-corrected chi connectivity index (χ2v) is 8.39. The number of ether oxygens (including phenoxy) is 1. The number of nitrogens with one attached hydrogen (secondary N) is 2. The molecule has 0 aliphatic carbocycles. The van der Waals surface area contributed by atoms with E-state index < -0.39 is 11.8 Å². The number of hydrogen-bond acceptors (Lipinski definition) is 5. The fourth-order valence-electron chi connectivity index (χ4n) is 3.65. The molecule has 3 aromatic rings. The molecule has 0 radical (unpaired) electrons. The molecule has 1 aliphatic rings. The molecule has 3 amide bonds. The summed E-state index contributed by atoms with van der Waals surface area (Å²) in [6, 6.07) is 16.6. The van der Waals surface area contributed by atoms with Crippen molar-refractivity contribution in [2.24, 2.45) is 0 Å². The molecule has 35 heavy (non-hydrogen) atoms. The van der Waals surface area contributed by atoms with Crippen LogP contribution in [-0.2, 0) is 11.3 Å².